The van der Waals surface area contributed by atoms with E-state index in [1.165, 1.54) is 0 Å². The molecule has 0 saturated carbocycles. The quantitative estimate of drug-likeness (QED) is 0.818. The first kappa shape index (κ1) is 14.3. The second kappa shape index (κ2) is 5.92. The number of nitrogens with zero attached hydrogens (tertiary/aromatic N) is 1. The van der Waals surface area contributed by atoms with Gasteiger partial charge < -0.3 is 15.7 Å². The Bertz CT molecular complexity index is 483. The van der Waals surface area contributed by atoms with Gasteiger partial charge in [-0.05, 0) is 43.4 Å². The van der Waals surface area contributed by atoms with E-state index in [-0.39, 0.29) is 12.5 Å². The van der Waals surface area contributed by atoms with Crippen LogP contribution in [-0.2, 0) is 0 Å². The molecule has 1 aromatic carbocycles. The van der Waals surface area contributed by atoms with Gasteiger partial charge in [0.05, 0.1) is 0 Å². The molecular weight excluding hydrogens is 308 g/mol. The van der Waals surface area contributed by atoms with E-state index in [9.17, 15) is 4.79 Å². The van der Waals surface area contributed by atoms with E-state index in [0.717, 1.165) is 22.9 Å². The van der Waals surface area contributed by atoms with Crippen molar-refractivity contribution < 1.29 is 9.90 Å². The number of aliphatic hydroxyl groups excluding tert-OH is 1. The van der Waals surface area contributed by atoms with Crippen LogP contribution in [0.15, 0.2) is 16.6 Å². The van der Waals surface area contributed by atoms with Crippen LogP contribution in [0.1, 0.15) is 28.8 Å². The summed E-state index contributed by atoms with van der Waals surface area (Å²) >= 11 is 3.38. The maximum absolute atomic E-state index is 12.5. The number of carbonyl (C=O) groups excluding carboxylic acids is 1. The van der Waals surface area contributed by atoms with Gasteiger partial charge in [-0.3, -0.25) is 4.79 Å². The molecule has 104 valence electrons. The Morgan fingerprint density at radius 1 is 1.47 bits per heavy atom. The number of rotatable bonds is 2. The molecule has 1 heterocycles. The van der Waals surface area contributed by atoms with Crippen LogP contribution in [0.4, 0.5) is 5.69 Å². The van der Waals surface area contributed by atoms with Crippen LogP contribution in [-0.4, -0.2) is 35.6 Å². The lowest BCUT2D eigenvalue weighted by Gasteiger charge is -2.31. The van der Waals surface area contributed by atoms with Crippen molar-refractivity contribution in [1.82, 2.24) is 4.90 Å². The summed E-state index contributed by atoms with van der Waals surface area (Å²) < 4.78 is 0.823. The number of anilines is 1. The molecule has 1 fully saturated rings. The first-order valence-electron chi connectivity index (χ1n) is 6.48. The van der Waals surface area contributed by atoms with Crippen molar-refractivity contribution in [3.63, 3.8) is 0 Å². The van der Waals surface area contributed by atoms with Crippen molar-refractivity contribution in [2.24, 2.45) is 5.92 Å². The van der Waals surface area contributed by atoms with E-state index >= 15 is 0 Å². The summed E-state index contributed by atoms with van der Waals surface area (Å²) in [7, 11) is 0. The molecule has 0 unspecified atom stereocenters. The number of nitrogens with two attached hydrogens (primary N) is 1. The van der Waals surface area contributed by atoms with Crippen LogP contribution < -0.4 is 5.73 Å². The van der Waals surface area contributed by atoms with Gasteiger partial charge in [-0.15, -0.1) is 0 Å². The van der Waals surface area contributed by atoms with Crippen molar-refractivity contribution in [3.05, 3.63) is 27.7 Å². The van der Waals surface area contributed by atoms with Gasteiger partial charge >= 0.3 is 0 Å². The molecule has 1 saturated heterocycles. The maximum atomic E-state index is 12.5. The second-order valence-electron chi connectivity index (χ2n) is 5.09. The highest BCUT2D eigenvalue weighted by Gasteiger charge is 2.24. The third-order valence-corrected chi connectivity index (χ3v) is 4.26. The summed E-state index contributed by atoms with van der Waals surface area (Å²) in [5, 5.41) is 9.12. The van der Waals surface area contributed by atoms with Gasteiger partial charge in [0.2, 0.25) is 0 Å². The molecule has 5 heteroatoms. The zero-order valence-electron chi connectivity index (χ0n) is 11.0. The van der Waals surface area contributed by atoms with Crippen LogP contribution in [0.5, 0.6) is 0 Å². The fourth-order valence-electron chi connectivity index (χ4n) is 2.41. The van der Waals surface area contributed by atoms with Gasteiger partial charge in [0.15, 0.2) is 0 Å². The Labute approximate surface area is 121 Å². The van der Waals surface area contributed by atoms with Crippen LogP contribution in [0.3, 0.4) is 0 Å². The third kappa shape index (κ3) is 3.09. The molecule has 2 rings (SSSR count). The normalized spacial score (nSPS) is 16.7. The summed E-state index contributed by atoms with van der Waals surface area (Å²) in [6.07, 6.45) is 1.73. The number of benzene rings is 1. The highest BCUT2D eigenvalue weighted by Crippen LogP contribution is 2.25. The number of nitrogen functional groups attached to an aromatic ring is 1. The van der Waals surface area contributed by atoms with Crippen molar-refractivity contribution >= 4 is 27.5 Å². The van der Waals surface area contributed by atoms with Crippen molar-refractivity contribution in [2.75, 3.05) is 25.4 Å². The van der Waals surface area contributed by atoms with Crippen molar-refractivity contribution in [2.45, 2.75) is 19.8 Å². The molecule has 1 amide bonds. The number of aliphatic hydroxyl groups is 1. The summed E-state index contributed by atoms with van der Waals surface area (Å²) in [6.45, 7) is 3.49. The van der Waals surface area contributed by atoms with Crippen LogP contribution in [0.25, 0.3) is 0 Å². The Hall–Kier alpha value is -1.07. The SMILES string of the molecule is Cc1c(N)cc(Br)cc1C(=O)N1CCC(CO)CC1. The summed E-state index contributed by atoms with van der Waals surface area (Å²) in [5.41, 5.74) is 8.02. The Kier molecular flexibility index (Phi) is 4.47. The number of amides is 1. The number of halogens is 1. The minimum atomic E-state index is 0.0295. The van der Waals surface area contributed by atoms with E-state index in [1.807, 2.05) is 24.0 Å². The second-order valence-corrected chi connectivity index (χ2v) is 6.00. The first-order chi connectivity index (χ1) is 9.02. The minimum Gasteiger partial charge on any atom is -0.398 e. The minimum absolute atomic E-state index is 0.0295. The molecule has 0 atom stereocenters. The van der Waals surface area contributed by atoms with E-state index < -0.39 is 0 Å². The number of hydrogen-bond donors (Lipinski definition) is 2. The molecule has 0 radical (unpaired) electrons. The maximum Gasteiger partial charge on any atom is 0.254 e. The summed E-state index contributed by atoms with van der Waals surface area (Å²) in [6, 6.07) is 3.64. The lowest BCUT2D eigenvalue weighted by atomic mass is 9.96. The van der Waals surface area contributed by atoms with Gasteiger partial charge in [-0.2, -0.15) is 0 Å². The van der Waals surface area contributed by atoms with Gasteiger partial charge in [-0.1, -0.05) is 15.9 Å². The van der Waals surface area contributed by atoms with Crippen molar-refractivity contribution in [3.8, 4) is 0 Å². The van der Waals surface area contributed by atoms with E-state index in [2.05, 4.69) is 15.9 Å². The highest BCUT2D eigenvalue weighted by atomic mass is 79.9. The molecule has 1 aliphatic rings. The number of hydrogen-bond acceptors (Lipinski definition) is 3. The molecular formula is C14H19BrN2O2. The smallest absolute Gasteiger partial charge is 0.254 e. The van der Waals surface area contributed by atoms with Gasteiger partial charge in [0.25, 0.3) is 5.91 Å². The van der Waals surface area contributed by atoms with Gasteiger partial charge in [-0.25, -0.2) is 0 Å². The topological polar surface area (TPSA) is 66.6 Å². The summed E-state index contributed by atoms with van der Waals surface area (Å²) in [5.74, 6) is 0.361. The number of likely N-dealkylation sites (tertiary alicyclic amines) is 1. The molecule has 1 aromatic rings. The van der Waals surface area contributed by atoms with Gasteiger partial charge in [0, 0.05) is 35.4 Å². The third-order valence-electron chi connectivity index (χ3n) is 3.80. The van der Waals surface area contributed by atoms with Crippen LogP contribution in [0, 0.1) is 12.8 Å². The molecule has 0 bridgehead atoms. The molecule has 3 N–H and O–H groups in total. The lowest BCUT2D eigenvalue weighted by molar-refractivity contribution is 0.0650. The Morgan fingerprint density at radius 3 is 2.68 bits per heavy atom. The lowest BCUT2D eigenvalue weighted by Crippen LogP contribution is -2.39. The van der Waals surface area contributed by atoms with Crippen LogP contribution in [0.2, 0.25) is 0 Å². The molecule has 0 aliphatic carbocycles. The van der Waals surface area contributed by atoms with E-state index in [1.54, 1.807) is 0 Å². The Balaban J connectivity index is 2.17. The van der Waals surface area contributed by atoms with E-state index in [0.29, 0.717) is 30.3 Å². The number of piperidine rings is 1. The average Bonchev–Trinajstić information content (AvgIpc) is 2.42. The summed E-state index contributed by atoms with van der Waals surface area (Å²) in [4.78, 5) is 14.4. The van der Waals surface area contributed by atoms with Gasteiger partial charge in [0.1, 0.15) is 0 Å². The molecule has 4 nitrogen and oxygen atoms in total. The Morgan fingerprint density at radius 2 is 2.11 bits per heavy atom. The largest absolute Gasteiger partial charge is 0.398 e. The fourth-order valence-corrected chi connectivity index (χ4v) is 2.89. The first-order valence-corrected chi connectivity index (χ1v) is 7.28. The zero-order chi connectivity index (χ0) is 14.0. The molecule has 19 heavy (non-hydrogen) atoms. The fraction of sp³-hybridized carbons (Fsp3) is 0.500. The predicted octanol–water partition coefficient (Wildman–Crippen LogP) is 2.18. The molecule has 1 aliphatic heterocycles. The average molecular weight is 327 g/mol. The number of carbonyl (C=O) groups is 1. The molecule has 0 spiro atoms. The standard InChI is InChI=1S/C14H19BrN2O2/c1-9-12(6-11(15)7-13(9)16)14(19)17-4-2-10(8-18)3-5-17/h6-7,10,18H,2-5,8,16H2,1H3. The van der Waals surface area contributed by atoms with Crippen molar-refractivity contribution in [1.29, 1.82) is 0 Å². The highest BCUT2D eigenvalue weighted by molar-refractivity contribution is 9.10. The molecule has 0 aromatic heterocycles. The zero-order valence-corrected chi connectivity index (χ0v) is 12.6. The predicted molar refractivity (Wildman–Crippen MR) is 79.0 cm³/mol. The van der Waals surface area contributed by atoms with E-state index in [4.69, 9.17) is 10.8 Å². The van der Waals surface area contributed by atoms with Crippen LogP contribution >= 0.6 is 15.9 Å². The monoisotopic (exact) mass is 326 g/mol.